The molecule has 0 N–H and O–H groups in total. The fourth-order valence-electron chi connectivity index (χ4n) is 1.25. The zero-order valence-corrected chi connectivity index (χ0v) is 8.37. The van der Waals surface area contributed by atoms with Crippen molar-refractivity contribution in [3.8, 4) is 11.4 Å². The van der Waals surface area contributed by atoms with E-state index in [2.05, 4.69) is 9.97 Å². The predicted molar refractivity (Wildman–Crippen MR) is 52.4 cm³/mol. The van der Waals surface area contributed by atoms with Crippen molar-refractivity contribution in [1.82, 2.24) is 9.97 Å². The molecule has 0 bridgehead atoms. The Bertz CT molecular complexity index is 520. The van der Waals surface area contributed by atoms with Gasteiger partial charge in [-0.2, -0.15) is 13.2 Å². The van der Waals surface area contributed by atoms with Crippen LogP contribution in [0.5, 0.6) is 0 Å². The number of hydrogen-bond acceptors (Lipinski definition) is 2. The van der Waals surface area contributed by atoms with Crippen LogP contribution in [-0.4, -0.2) is 9.97 Å². The molecule has 2 nitrogen and oxygen atoms in total. The van der Waals surface area contributed by atoms with Crippen molar-refractivity contribution in [3.63, 3.8) is 0 Å². The molecule has 2 aromatic rings. The smallest absolute Gasteiger partial charge is 0.237 e. The van der Waals surface area contributed by atoms with E-state index in [1.165, 1.54) is 12.1 Å². The minimum atomic E-state index is -4.52. The maximum atomic E-state index is 12.7. The molecule has 1 heterocycles. The largest absolute Gasteiger partial charge is 0.433 e. The van der Waals surface area contributed by atoms with Gasteiger partial charge in [0.1, 0.15) is 11.5 Å². The highest BCUT2D eigenvalue weighted by molar-refractivity contribution is 5.54. The molecular weight excluding hydrogens is 236 g/mol. The molecule has 0 spiro atoms. The van der Waals surface area contributed by atoms with Gasteiger partial charge in [-0.1, -0.05) is 0 Å². The van der Waals surface area contributed by atoms with Crippen LogP contribution in [0, 0.1) is 5.82 Å². The van der Waals surface area contributed by atoms with Crippen LogP contribution in [0.4, 0.5) is 17.6 Å². The molecule has 1 aromatic carbocycles. The average molecular weight is 242 g/mol. The number of benzene rings is 1. The summed E-state index contributed by atoms with van der Waals surface area (Å²) in [6.07, 6.45) is -3.49. The summed E-state index contributed by atoms with van der Waals surface area (Å²) in [5.41, 5.74) is -0.690. The molecule has 0 fully saturated rings. The van der Waals surface area contributed by atoms with E-state index in [0.29, 0.717) is 5.56 Å². The molecule has 0 aliphatic carbocycles. The Morgan fingerprint density at radius 1 is 0.941 bits per heavy atom. The fraction of sp³-hybridized carbons (Fsp3) is 0.0909. The Morgan fingerprint density at radius 3 is 2.18 bits per heavy atom. The summed E-state index contributed by atoms with van der Waals surface area (Å²) in [6, 6.07) is 5.71. The number of alkyl halides is 3. The first-order chi connectivity index (χ1) is 7.97. The van der Waals surface area contributed by atoms with Gasteiger partial charge in [-0.15, -0.1) is 0 Å². The molecule has 0 saturated carbocycles. The molecular formula is C11H6F4N2. The summed E-state index contributed by atoms with van der Waals surface area (Å²) >= 11 is 0. The molecule has 0 unspecified atom stereocenters. The first-order valence-corrected chi connectivity index (χ1v) is 4.63. The van der Waals surface area contributed by atoms with Crippen molar-refractivity contribution in [1.29, 1.82) is 0 Å². The third-order valence-corrected chi connectivity index (χ3v) is 2.05. The van der Waals surface area contributed by atoms with Gasteiger partial charge in [-0.05, 0) is 30.3 Å². The summed E-state index contributed by atoms with van der Waals surface area (Å²) in [7, 11) is 0. The lowest BCUT2D eigenvalue weighted by atomic mass is 10.2. The van der Waals surface area contributed by atoms with E-state index >= 15 is 0 Å². The van der Waals surface area contributed by atoms with Gasteiger partial charge in [-0.25, -0.2) is 14.4 Å². The van der Waals surface area contributed by atoms with Crippen LogP contribution in [-0.2, 0) is 6.18 Å². The summed E-state index contributed by atoms with van der Waals surface area (Å²) in [6.45, 7) is 0. The molecule has 0 saturated heterocycles. The first kappa shape index (κ1) is 11.5. The number of nitrogens with zero attached hydrogens (tertiary/aromatic N) is 2. The normalized spacial score (nSPS) is 11.5. The Morgan fingerprint density at radius 2 is 1.59 bits per heavy atom. The zero-order valence-electron chi connectivity index (χ0n) is 8.37. The van der Waals surface area contributed by atoms with E-state index in [1.54, 1.807) is 0 Å². The molecule has 1 aromatic heterocycles. The van der Waals surface area contributed by atoms with Gasteiger partial charge in [0, 0.05) is 11.8 Å². The number of halogens is 4. The average Bonchev–Trinajstić information content (AvgIpc) is 2.29. The van der Waals surface area contributed by atoms with Crippen molar-refractivity contribution in [2.75, 3.05) is 0 Å². The Kier molecular flexibility index (Phi) is 2.79. The topological polar surface area (TPSA) is 25.8 Å². The van der Waals surface area contributed by atoms with Gasteiger partial charge >= 0.3 is 6.18 Å². The number of rotatable bonds is 1. The molecule has 17 heavy (non-hydrogen) atoms. The van der Waals surface area contributed by atoms with Crippen LogP contribution in [0.2, 0.25) is 0 Å². The molecule has 0 radical (unpaired) electrons. The lowest BCUT2D eigenvalue weighted by Crippen LogP contribution is -2.08. The van der Waals surface area contributed by atoms with Crippen LogP contribution in [0.3, 0.4) is 0 Å². The van der Waals surface area contributed by atoms with E-state index < -0.39 is 17.7 Å². The highest BCUT2D eigenvalue weighted by atomic mass is 19.4. The van der Waals surface area contributed by atoms with Crippen LogP contribution in [0.15, 0.2) is 36.5 Å². The molecule has 0 aliphatic heterocycles. The highest BCUT2D eigenvalue weighted by Gasteiger charge is 2.32. The molecule has 0 atom stereocenters. The van der Waals surface area contributed by atoms with E-state index in [9.17, 15) is 17.6 Å². The zero-order chi connectivity index (χ0) is 12.5. The molecule has 6 heteroatoms. The number of aromatic nitrogens is 2. The van der Waals surface area contributed by atoms with Gasteiger partial charge in [-0.3, -0.25) is 0 Å². The van der Waals surface area contributed by atoms with E-state index in [0.717, 1.165) is 24.4 Å². The first-order valence-electron chi connectivity index (χ1n) is 4.63. The van der Waals surface area contributed by atoms with Crippen LogP contribution >= 0.6 is 0 Å². The van der Waals surface area contributed by atoms with Crippen LogP contribution in [0.1, 0.15) is 5.69 Å². The Balaban J connectivity index is 2.43. The Hall–Kier alpha value is -1.98. The van der Waals surface area contributed by atoms with Crippen molar-refractivity contribution >= 4 is 0 Å². The minimum Gasteiger partial charge on any atom is -0.237 e. The number of hydrogen-bond donors (Lipinski definition) is 0. The summed E-state index contributed by atoms with van der Waals surface area (Å²) in [5.74, 6) is -0.555. The lowest BCUT2D eigenvalue weighted by Gasteiger charge is -2.06. The van der Waals surface area contributed by atoms with Gasteiger partial charge in [0.15, 0.2) is 5.82 Å². The second-order valence-electron chi connectivity index (χ2n) is 3.27. The van der Waals surface area contributed by atoms with Crippen molar-refractivity contribution in [2.45, 2.75) is 6.18 Å². The summed E-state index contributed by atoms with van der Waals surface area (Å²) in [5, 5.41) is 0. The highest BCUT2D eigenvalue weighted by Crippen LogP contribution is 2.28. The predicted octanol–water partition coefficient (Wildman–Crippen LogP) is 3.30. The van der Waals surface area contributed by atoms with E-state index in [-0.39, 0.29) is 5.82 Å². The second kappa shape index (κ2) is 4.12. The monoisotopic (exact) mass is 242 g/mol. The van der Waals surface area contributed by atoms with Crippen LogP contribution < -0.4 is 0 Å². The molecule has 2 rings (SSSR count). The van der Waals surface area contributed by atoms with Gasteiger partial charge < -0.3 is 0 Å². The molecule has 0 amide bonds. The van der Waals surface area contributed by atoms with Gasteiger partial charge in [0.25, 0.3) is 0 Å². The van der Waals surface area contributed by atoms with E-state index in [4.69, 9.17) is 0 Å². The van der Waals surface area contributed by atoms with Crippen molar-refractivity contribution < 1.29 is 17.6 Å². The lowest BCUT2D eigenvalue weighted by molar-refractivity contribution is -0.141. The quantitative estimate of drug-likeness (QED) is 0.717. The molecule has 0 aliphatic rings. The van der Waals surface area contributed by atoms with E-state index in [1.807, 2.05) is 0 Å². The second-order valence-corrected chi connectivity index (χ2v) is 3.27. The summed E-state index contributed by atoms with van der Waals surface area (Å²) in [4.78, 5) is 7.10. The maximum Gasteiger partial charge on any atom is 0.433 e. The van der Waals surface area contributed by atoms with Crippen molar-refractivity contribution in [2.24, 2.45) is 0 Å². The third-order valence-electron chi connectivity index (χ3n) is 2.05. The van der Waals surface area contributed by atoms with Crippen molar-refractivity contribution in [3.05, 3.63) is 48.0 Å². The summed E-state index contributed by atoms with van der Waals surface area (Å²) < 4.78 is 49.8. The van der Waals surface area contributed by atoms with Gasteiger partial charge in [0.05, 0.1) is 0 Å². The SMILES string of the molecule is Fc1ccc(-c2nccc(C(F)(F)F)n2)cc1. The molecule has 88 valence electrons. The standard InChI is InChI=1S/C11H6F4N2/c12-8-3-1-7(2-4-8)10-16-6-5-9(17-10)11(13,14)15/h1-6H. The Labute approximate surface area is 94.0 Å². The van der Waals surface area contributed by atoms with Crippen LogP contribution in [0.25, 0.3) is 11.4 Å². The maximum absolute atomic E-state index is 12.7. The van der Waals surface area contributed by atoms with Gasteiger partial charge in [0.2, 0.25) is 0 Å². The minimum absolute atomic E-state index is 0.0835. The fourth-order valence-corrected chi connectivity index (χ4v) is 1.25. The third kappa shape index (κ3) is 2.58.